The van der Waals surface area contributed by atoms with Gasteiger partial charge in [-0.3, -0.25) is 10.1 Å². The number of hydrogen-bond donors (Lipinski definition) is 1. The summed E-state index contributed by atoms with van der Waals surface area (Å²) >= 11 is 0. The van der Waals surface area contributed by atoms with Gasteiger partial charge in [0.1, 0.15) is 0 Å². The van der Waals surface area contributed by atoms with Crippen LogP contribution in [-0.2, 0) is 11.3 Å². The number of nitrogens with zero attached hydrogens (tertiary/aromatic N) is 1. The summed E-state index contributed by atoms with van der Waals surface area (Å²) < 4.78 is 5.41. The van der Waals surface area contributed by atoms with Gasteiger partial charge in [-0.2, -0.15) is 0 Å². The maximum absolute atomic E-state index is 10.9. The molecule has 0 radical (unpaired) electrons. The molecule has 0 saturated carbocycles. The first-order valence-corrected chi connectivity index (χ1v) is 6.78. The van der Waals surface area contributed by atoms with Crippen LogP contribution in [0.4, 0.5) is 5.69 Å². The minimum absolute atomic E-state index is 0.175. The lowest BCUT2D eigenvalue weighted by Gasteiger charge is -2.27. The highest BCUT2D eigenvalue weighted by Crippen LogP contribution is 2.21. The van der Waals surface area contributed by atoms with Crippen molar-refractivity contribution < 1.29 is 9.66 Å². The molecule has 0 heterocycles. The van der Waals surface area contributed by atoms with Gasteiger partial charge in [-0.1, -0.05) is 12.1 Å². The van der Waals surface area contributed by atoms with Gasteiger partial charge in [0.2, 0.25) is 0 Å². The zero-order valence-corrected chi connectivity index (χ0v) is 12.9. The third-order valence-corrected chi connectivity index (χ3v) is 3.61. The number of ether oxygens (including phenoxy) is 1. The number of hydrogen-bond acceptors (Lipinski definition) is 4. The Morgan fingerprint density at radius 3 is 2.65 bits per heavy atom. The molecule has 1 atom stereocenters. The van der Waals surface area contributed by atoms with Crippen molar-refractivity contribution in [2.75, 3.05) is 7.11 Å². The van der Waals surface area contributed by atoms with Crippen molar-refractivity contribution in [2.24, 2.45) is 0 Å². The van der Waals surface area contributed by atoms with E-state index in [1.165, 1.54) is 6.07 Å². The van der Waals surface area contributed by atoms with Crippen molar-refractivity contribution in [3.8, 4) is 0 Å². The first-order chi connectivity index (χ1) is 9.26. The lowest BCUT2D eigenvalue weighted by atomic mass is 9.99. The molecule has 1 aromatic carbocycles. The van der Waals surface area contributed by atoms with Gasteiger partial charge in [0.25, 0.3) is 5.69 Å². The Bertz CT molecular complexity index is 472. The lowest BCUT2D eigenvalue weighted by Crippen LogP contribution is -2.35. The van der Waals surface area contributed by atoms with Crippen LogP contribution in [0.25, 0.3) is 0 Å². The Morgan fingerprint density at radius 2 is 2.10 bits per heavy atom. The molecular weight excluding hydrogens is 256 g/mol. The van der Waals surface area contributed by atoms with Crippen LogP contribution in [0.1, 0.15) is 38.3 Å². The van der Waals surface area contributed by atoms with E-state index in [9.17, 15) is 10.1 Å². The van der Waals surface area contributed by atoms with E-state index in [4.69, 9.17) is 4.74 Å². The van der Waals surface area contributed by atoms with Gasteiger partial charge >= 0.3 is 0 Å². The normalized spacial score (nSPS) is 13.2. The van der Waals surface area contributed by atoms with Crippen LogP contribution < -0.4 is 5.32 Å². The van der Waals surface area contributed by atoms with Crippen molar-refractivity contribution in [3.63, 3.8) is 0 Å². The molecule has 0 amide bonds. The molecule has 0 fully saturated rings. The molecule has 1 rings (SSSR count). The quantitative estimate of drug-likeness (QED) is 0.615. The van der Waals surface area contributed by atoms with E-state index in [1.54, 1.807) is 20.1 Å². The Balaban J connectivity index is 2.67. The summed E-state index contributed by atoms with van der Waals surface area (Å²) in [6.07, 6.45) is 0.872. The molecule has 20 heavy (non-hydrogen) atoms. The van der Waals surface area contributed by atoms with Crippen LogP contribution in [0.15, 0.2) is 18.2 Å². The number of rotatable bonds is 7. The lowest BCUT2D eigenvalue weighted by molar-refractivity contribution is -0.385. The number of benzene rings is 1. The fourth-order valence-electron chi connectivity index (χ4n) is 2.24. The maximum Gasteiger partial charge on any atom is 0.272 e. The molecule has 1 unspecified atom stereocenters. The molecule has 0 spiro atoms. The van der Waals surface area contributed by atoms with Gasteiger partial charge in [-0.25, -0.2) is 0 Å². The van der Waals surface area contributed by atoms with Crippen molar-refractivity contribution in [2.45, 2.75) is 52.3 Å². The Hall–Kier alpha value is -1.46. The summed E-state index contributed by atoms with van der Waals surface area (Å²) in [4.78, 5) is 10.6. The average Bonchev–Trinajstić information content (AvgIpc) is 2.36. The van der Waals surface area contributed by atoms with E-state index >= 15 is 0 Å². The summed E-state index contributed by atoms with van der Waals surface area (Å²) in [6, 6.07) is 5.45. The molecule has 0 saturated heterocycles. The predicted molar refractivity (Wildman–Crippen MR) is 79.8 cm³/mol. The van der Waals surface area contributed by atoms with Crippen LogP contribution in [0.3, 0.4) is 0 Å². The van der Waals surface area contributed by atoms with E-state index in [0.29, 0.717) is 6.54 Å². The largest absolute Gasteiger partial charge is 0.379 e. The maximum atomic E-state index is 10.9. The summed E-state index contributed by atoms with van der Waals surface area (Å²) in [5, 5.41) is 14.3. The Kier molecular flexibility index (Phi) is 5.65. The van der Waals surface area contributed by atoms with Crippen LogP contribution in [0.5, 0.6) is 0 Å². The summed E-state index contributed by atoms with van der Waals surface area (Å²) in [5.74, 6) is 0. The van der Waals surface area contributed by atoms with Gasteiger partial charge in [0.15, 0.2) is 0 Å². The zero-order valence-electron chi connectivity index (χ0n) is 12.9. The number of nitrogens with one attached hydrogen (secondary N) is 1. The molecule has 0 aliphatic heterocycles. The highest BCUT2D eigenvalue weighted by Gasteiger charge is 2.20. The van der Waals surface area contributed by atoms with E-state index in [0.717, 1.165) is 17.5 Å². The van der Waals surface area contributed by atoms with Crippen LogP contribution in [0.2, 0.25) is 0 Å². The van der Waals surface area contributed by atoms with Gasteiger partial charge in [0, 0.05) is 31.3 Å². The molecule has 0 aliphatic carbocycles. The number of methoxy groups -OCH3 is 1. The highest BCUT2D eigenvalue weighted by molar-refractivity contribution is 5.44. The molecule has 1 aromatic rings. The van der Waals surface area contributed by atoms with Crippen LogP contribution >= 0.6 is 0 Å². The van der Waals surface area contributed by atoms with Crippen LogP contribution in [-0.4, -0.2) is 23.7 Å². The second-order valence-electron chi connectivity index (χ2n) is 5.77. The summed E-state index contributed by atoms with van der Waals surface area (Å²) in [5.41, 5.74) is 1.68. The highest BCUT2D eigenvalue weighted by atomic mass is 16.6. The van der Waals surface area contributed by atoms with Gasteiger partial charge in [-0.05, 0) is 39.7 Å². The van der Waals surface area contributed by atoms with E-state index in [1.807, 2.05) is 19.9 Å². The summed E-state index contributed by atoms with van der Waals surface area (Å²) in [6.45, 7) is 8.59. The van der Waals surface area contributed by atoms with Gasteiger partial charge < -0.3 is 10.1 Å². The van der Waals surface area contributed by atoms with Crippen molar-refractivity contribution in [1.29, 1.82) is 0 Å². The van der Waals surface area contributed by atoms with Gasteiger partial charge in [-0.15, -0.1) is 0 Å². The second-order valence-corrected chi connectivity index (χ2v) is 5.77. The monoisotopic (exact) mass is 280 g/mol. The molecule has 0 aromatic heterocycles. The van der Waals surface area contributed by atoms with Crippen molar-refractivity contribution in [1.82, 2.24) is 5.32 Å². The SMILES string of the molecule is COC(C)(C)CC(C)NCc1cccc([N+](=O)[O-])c1C. The van der Waals surface area contributed by atoms with Gasteiger partial charge in [0.05, 0.1) is 10.5 Å². The van der Waals surface area contributed by atoms with E-state index in [-0.39, 0.29) is 22.3 Å². The molecule has 1 N–H and O–H groups in total. The summed E-state index contributed by atoms with van der Waals surface area (Å²) in [7, 11) is 1.71. The number of nitro groups is 1. The first-order valence-electron chi connectivity index (χ1n) is 6.78. The van der Waals surface area contributed by atoms with E-state index < -0.39 is 0 Å². The average molecular weight is 280 g/mol. The van der Waals surface area contributed by atoms with Crippen LogP contribution in [0, 0.1) is 17.0 Å². The fraction of sp³-hybridized carbons (Fsp3) is 0.600. The molecule has 5 heteroatoms. The molecular formula is C15H24N2O3. The molecule has 5 nitrogen and oxygen atoms in total. The first kappa shape index (κ1) is 16.6. The molecule has 0 bridgehead atoms. The topological polar surface area (TPSA) is 64.4 Å². The third kappa shape index (κ3) is 4.58. The van der Waals surface area contributed by atoms with E-state index in [2.05, 4.69) is 12.2 Å². The minimum atomic E-state index is -0.337. The van der Waals surface area contributed by atoms with Crippen molar-refractivity contribution >= 4 is 5.69 Å². The Morgan fingerprint density at radius 1 is 1.45 bits per heavy atom. The second kappa shape index (κ2) is 6.81. The predicted octanol–water partition coefficient (Wildman–Crippen LogP) is 3.20. The van der Waals surface area contributed by atoms with Crippen molar-refractivity contribution in [3.05, 3.63) is 39.4 Å². The standard InChI is InChI=1S/C15H24N2O3/c1-11(9-15(3,4)20-5)16-10-13-7-6-8-14(12(13)2)17(18)19/h6-8,11,16H,9-10H2,1-5H3. The fourth-order valence-corrected chi connectivity index (χ4v) is 2.24. The minimum Gasteiger partial charge on any atom is -0.379 e. The smallest absolute Gasteiger partial charge is 0.272 e. The molecule has 0 aliphatic rings. The zero-order chi connectivity index (χ0) is 15.3. The number of nitro benzene ring substituents is 1. The molecule has 112 valence electrons. The Labute approximate surface area is 120 Å². The third-order valence-electron chi connectivity index (χ3n) is 3.61.